The first-order chi connectivity index (χ1) is 16.0. The number of methoxy groups -OCH3 is 1. The van der Waals surface area contributed by atoms with Crippen molar-refractivity contribution in [2.75, 3.05) is 18.6 Å². The Balaban J connectivity index is 1.79. The zero-order valence-corrected chi connectivity index (χ0v) is 18.4. The number of halogens is 1. The lowest BCUT2D eigenvalue weighted by atomic mass is 10.1. The van der Waals surface area contributed by atoms with Gasteiger partial charge < -0.3 is 19.3 Å². The third kappa shape index (κ3) is 4.98. The van der Waals surface area contributed by atoms with Gasteiger partial charge in [-0.05, 0) is 42.5 Å². The number of para-hydroxylation sites is 2. The number of hydrogen-bond donors (Lipinski definition) is 1. The van der Waals surface area contributed by atoms with Crippen LogP contribution < -0.4 is 9.64 Å². The maximum Gasteiger partial charge on any atom is 0.337 e. The number of carbonyl (C=O) groups excluding carboxylic acids is 1. The summed E-state index contributed by atoms with van der Waals surface area (Å²) in [6.45, 7) is 0.404. The molecule has 170 valence electrons. The highest BCUT2D eigenvalue weighted by Crippen LogP contribution is 2.38. The number of amides is 1. The van der Waals surface area contributed by atoms with E-state index < -0.39 is 18.2 Å². The van der Waals surface area contributed by atoms with Gasteiger partial charge >= 0.3 is 5.97 Å². The van der Waals surface area contributed by atoms with Gasteiger partial charge in [0.1, 0.15) is 5.75 Å². The summed E-state index contributed by atoms with van der Waals surface area (Å²) in [7, 11) is 1.61. The number of hydrogen-bond acceptors (Lipinski definition) is 6. The van der Waals surface area contributed by atoms with Crippen LogP contribution in [-0.4, -0.2) is 48.1 Å². The first-order valence-corrected chi connectivity index (χ1v) is 10.5. The molecule has 0 bridgehead atoms. The minimum Gasteiger partial charge on any atom is -0.478 e. The van der Waals surface area contributed by atoms with E-state index in [2.05, 4.69) is 4.98 Å². The van der Waals surface area contributed by atoms with Gasteiger partial charge in [0.05, 0.1) is 40.2 Å². The van der Waals surface area contributed by atoms with Crippen LogP contribution in [0.1, 0.15) is 27.1 Å². The molecular weight excluding hydrogens is 448 g/mol. The molecule has 33 heavy (non-hydrogen) atoms. The van der Waals surface area contributed by atoms with Gasteiger partial charge in [0.25, 0.3) is 5.91 Å². The third-order valence-electron chi connectivity index (χ3n) is 5.17. The van der Waals surface area contributed by atoms with Crippen LogP contribution in [0.2, 0.25) is 5.02 Å². The number of ether oxygens (including phenoxy) is 3. The van der Waals surface area contributed by atoms with Crippen LogP contribution in [-0.2, 0) is 9.47 Å². The molecule has 1 aliphatic rings. The normalized spacial score (nSPS) is 17.5. The highest BCUT2D eigenvalue weighted by Gasteiger charge is 2.30. The smallest absolute Gasteiger partial charge is 0.337 e. The summed E-state index contributed by atoms with van der Waals surface area (Å²) >= 11 is 6.06. The molecule has 1 fully saturated rings. The highest BCUT2D eigenvalue weighted by molar-refractivity contribution is 6.33. The Kier molecular flexibility index (Phi) is 6.88. The Morgan fingerprint density at radius 1 is 1.18 bits per heavy atom. The maximum absolute atomic E-state index is 13.6. The molecule has 0 radical (unpaired) electrons. The zero-order valence-electron chi connectivity index (χ0n) is 17.7. The molecule has 1 aromatic heterocycles. The van der Waals surface area contributed by atoms with E-state index in [4.69, 9.17) is 25.8 Å². The van der Waals surface area contributed by atoms with Crippen LogP contribution in [0.4, 0.5) is 11.4 Å². The molecule has 2 heterocycles. The molecule has 4 rings (SSSR count). The summed E-state index contributed by atoms with van der Waals surface area (Å²) in [5.41, 5.74) is 0.910. The summed E-state index contributed by atoms with van der Waals surface area (Å²) < 4.78 is 17.1. The van der Waals surface area contributed by atoms with Crippen LogP contribution in [0.15, 0.2) is 67.0 Å². The van der Waals surface area contributed by atoms with E-state index in [0.29, 0.717) is 35.7 Å². The van der Waals surface area contributed by atoms with Crippen molar-refractivity contribution in [1.29, 1.82) is 0 Å². The van der Waals surface area contributed by atoms with Crippen molar-refractivity contribution in [3.05, 3.63) is 83.1 Å². The molecular formula is C24H21ClN2O6. The monoisotopic (exact) mass is 468 g/mol. The largest absolute Gasteiger partial charge is 0.478 e. The number of aromatic carboxylic acids is 1. The lowest BCUT2D eigenvalue weighted by molar-refractivity contribution is -0.0402. The fraction of sp³-hybridized carbons (Fsp3) is 0.208. The summed E-state index contributed by atoms with van der Waals surface area (Å²) in [5, 5.41) is 9.60. The quantitative estimate of drug-likeness (QED) is 0.543. The number of rotatable bonds is 7. The summed E-state index contributed by atoms with van der Waals surface area (Å²) in [4.78, 5) is 30.7. The van der Waals surface area contributed by atoms with E-state index in [1.54, 1.807) is 55.8 Å². The fourth-order valence-electron chi connectivity index (χ4n) is 3.50. The van der Waals surface area contributed by atoms with Crippen LogP contribution in [0.3, 0.4) is 0 Å². The second-order valence-corrected chi connectivity index (χ2v) is 7.70. The SMILES string of the molecule is COC1CO[C@H](Oc2ccccc2N(C(=O)c2cccnc2)c2ccc(Cl)c(C(=O)O)c2)C1. The summed E-state index contributed by atoms with van der Waals surface area (Å²) in [5.74, 6) is -1.23. The van der Waals surface area contributed by atoms with E-state index in [9.17, 15) is 14.7 Å². The number of anilines is 2. The number of carboxylic acid groups (broad SMARTS) is 1. The Hall–Kier alpha value is -3.46. The van der Waals surface area contributed by atoms with E-state index >= 15 is 0 Å². The average molecular weight is 469 g/mol. The van der Waals surface area contributed by atoms with Crippen molar-refractivity contribution < 1.29 is 28.9 Å². The molecule has 2 atom stereocenters. The minimum atomic E-state index is -1.20. The second-order valence-electron chi connectivity index (χ2n) is 7.29. The van der Waals surface area contributed by atoms with Crippen LogP contribution in [0.25, 0.3) is 0 Å². The first kappa shape index (κ1) is 22.7. The molecule has 1 saturated heterocycles. The number of benzene rings is 2. The van der Waals surface area contributed by atoms with Crippen LogP contribution >= 0.6 is 11.6 Å². The Bertz CT molecular complexity index is 1160. The summed E-state index contributed by atoms with van der Waals surface area (Å²) in [6.07, 6.45) is 2.91. The molecule has 0 saturated carbocycles. The van der Waals surface area contributed by atoms with E-state index in [1.165, 1.54) is 23.2 Å². The van der Waals surface area contributed by atoms with Gasteiger partial charge in [0.2, 0.25) is 6.29 Å². The highest BCUT2D eigenvalue weighted by atomic mass is 35.5. The van der Waals surface area contributed by atoms with Gasteiger partial charge in [0.15, 0.2) is 0 Å². The van der Waals surface area contributed by atoms with Crippen molar-refractivity contribution in [1.82, 2.24) is 4.98 Å². The zero-order chi connectivity index (χ0) is 23.4. The Morgan fingerprint density at radius 3 is 2.70 bits per heavy atom. The molecule has 1 N–H and O–H groups in total. The van der Waals surface area contributed by atoms with Gasteiger partial charge in [0, 0.05) is 25.9 Å². The van der Waals surface area contributed by atoms with Gasteiger partial charge in [-0.1, -0.05) is 23.7 Å². The van der Waals surface area contributed by atoms with Gasteiger partial charge in [-0.2, -0.15) is 0 Å². The molecule has 1 unspecified atom stereocenters. The van der Waals surface area contributed by atoms with Crippen LogP contribution in [0.5, 0.6) is 5.75 Å². The van der Waals surface area contributed by atoms with Crippen molar-refractivity contribution in [3.8, 4) is 5.75 Å². The lowest BCUT2D eigenvalue weighted by Gasteiger charge is -2.26. The molecule has 1 amide bonds. The second kappa shape index (κ2) is 9.99. The molecule has 1 aliphatic heterocycles. The van der Waals surface area contributed by atoms with E-state index in [0.717, 1.165) is 0 Å². The molecule has 2 aromatic carbocycles. The molecule has 0 aliphatic carbocycles. The van der Waals surface area contributed by atoms with Crippen molar-refractivity contribution in [3.63, 3.8) is 0 Å². The Labute approximate surface area is 195 Å². The minimum absolute atomic E-state index is 0.0644. The van der Waals surface area contributed by atoms with Gasteiger partial charge in [-0.25, -0.2) is 4.79 Å². The number of carbonyl (C=O) groups is 2. The maximum atomic E-state index is 13.6. The topological polar surface area (TPSA) is 98.2 Å². The van der Waals surface area contributed by atoms with E-state index in [1.807, 2.05) is 0 Å². The predicted molar refractivity (Wildman–Crippen MR) is 121 cm³/mol. The number of aromatic nitrogens is 1. The first-order valence-electron chi connectivity index (χ1n) is 10.2. The average Bonchev–Trinajstić information content (AvgIpc) is 3.29. The molecule has 8 nitrogen and oxygen atoms in total. The number of carboxylic acids is 1. The number of nitrogens with zero attached hydrogens (tertiary/aromatic N) is 2. The molecule has 0 spiro atoms. The van der Waals surface area contributed by atoms with Gasteiger partial charge in [-0.3, -0.25) is 14.7 Å². The van der Waals surface area contributed by atoms with Crippen molar-refractivity contribution in [2.45, 2.75) is 18.8 Å². The lowest BCUT2D eigenvalue weighted by Crippen LogP contribution is -2.27. The van der Waals surface area contributed by atoms with Crippen molar-refractivity contribution >= 4 is 34.9 Å². The summed E-state index contributed by atoms with van der Waals surface area (Å²) in [6, 6.07) is 14.6. The Morgan fingerprint density at radius 2 is 2.00 bits per heavy atom. The van der Waals surface area contributed by atoms with Crippen molar-refractivity contribution in [2.24, 2.45) is 0 Å². The number of pyridine rings is 1. The van der Waals surface area contributed by atoms with Crippen LogP contribution in [0, 0.1) is 0 Å². The van der Waals surface area contributed by atoms with E-state index in [-0.39, 0.29) is 16.7 Å². The standard InChI is InChI=1S/C24H21ClN2O6/c1-31-17-12-22(32-14-17)33-21-7-3-2-6-20(21)27(23(28)15-5-4-10-26-13-15)16-8-9-19(25)18(11-16)24(29)30/h2-11,13,17,22H,12,14H2,1H3,(H,29,30)/t17?,22-/m1/s1. The molecule has 3 aromatic rings. The van der Waals surface area contributed by atoms with Gasteiger partial charge in [-0.15, -0.1) is 0 Å². The third-order valence-corrected chi connectivity index (χ3v) is 5.50. The predicted octanol–water partition coefficient (Wildman–Crippen LogP) is 4.55. The molecule has 9 heteroatoms. The fourth-order valence-corrected chi connectivity index (χ4v) is 3.69.